The number of nitrogens with one attached hydrogen (secondary N) is 1. The Bertz CT molecular complexity index is 636. The van der Waals surface area contributed by atoms with Crippen molar-refractivity contribution in [3.05, 3.63) is 45.1 Å². The van der Waals surface area contributed by atoms with Crippen LogP contribution in [0.5, 0.6) is 0 Å². The third kappa shape index (κ3) is 4.56. The Balaban J connectivity index is 3.04. The molecule has 0 spiro atoms. The van der Waals surface area contributed by atoms with Gasteiger partial charge in [0.1, 0.15) is 5.76 Å². The Morgan fingerprint density at radius 2 is 2.00 bits per heavy atom. The molecule has 0 saturated carbocycles. The molecule has 0 fully saturated rings. The summed E-state index contributed by atoms with van der Waals surface area (Å²) in [4.78, 5) is 34.1. The van der Waals surface area contributed by atoms with E-state index in [1.165, 1.54) is 18.2 Å². The lowest BCUT2D eigenvalue weighted by molar-refractivity contribution is -0.113. The number of carbonyl (C=O) groups is 2. The number of aliphatic hydroxyl groups is 1. The van der Waals surface area contributed by atoms with E-state index < -0.39 is 23.3 Å². The first-order valence-corrected chi connectivity index (χ1v) is 6.69. The molecule has 22 heavy (non-hydrogen) atoms. The van der Waals surface area contributed by atoms with Gasteiger partial charge in [0.05, 0.1) is 16.7 Å². The molecule has 1 aromatic carbocycles. The lowest BCUT2D eigenvalue weighted by atomic mass is 10.2. The number of nitroso groups, excluding NO2 is 1. The van der Waals surface area contributed by atoms with Gasteiger partial charge in [-0.15, -0.1) is 4.91 Å². The predicted octanol–water partition coefficient (Wildman–Crippen LogP) is 3.40. The van der Waals surface area contributed by atoms with E-state index in [0.29, 0.717) is 0 Å². The number of hydrogen-bond donors (Lipinski definition) is 2. The van der Waals surface area contributed by atoms with Gasteiger partial charge in [0, 0.05) is 5.69 Å². The number of ether oxygens (including phenoxy) is 1. The van der Waals surface area contributed by atoms with Gasteiger partial charge in [-0.3, -0.25) is 4.79 Å². The minimum absolute atomic E-state index is 0.0680. The Labute approximate surface area is 131 Å². The fourth-order valence-corrected chi connectivity index (χ4v) is 1.69. The van der Waals surface area contributed by atoms with E-state index in [1.54, 1.807) is 13.8 Å². The summed E-state index contributed by atoms with van der Waals surface area (Å²) < 4.78 is 5.03. The lowest BCUT2D eigenvalue weighted by Crippen LogP contribution is -2.16. The summed E-state index contributed by atoms with van der Waals surface area (Å²) in [5.74, 6) is -2.06. The van der Waals surface area contributed by atoms with Crippen LogP contribution in [0.2, 0.25) is 5.02 Å². The van der Waals surface area contributed by atoms with E-state index in [-0.39, 0.29) is 22.4 Å². The maximum absolute atomic E-state index is 11.9. The largest absolute Gasteiger partial charge is 0.510 e. The summed E-state index contributed by atoms with van der Waals surface area (Å²) in [6.45, 7) is 4.53. The van der Waals surface area contributed by atoms with Gasteiger partial charge in [-0.05, 0) is 44.1 Å². The maximum Gasteiger partial charge on any atom is 0.339 e. The second-order valence-corrected chi connectivity index (χ2v) is 5.04. The Hall–Kier alpha value is -2.41. The van der Waals surface area contributed by atoms with Crippen molar-refractivity contribution in [1.82, 2.24) is 0 Å². The highest BCUT2D eigenvalue weighted by atomic mass is 35.5. The molecule has 0 radical (unpaired) electrons. The molecule has 0 unspecified atom stereocenters. The SMILES string of the molecule is C/C(O)=C(\N=O)C(=O)Nc1ccc(Cl)c(C(=O)OC(C)C)c1. The molecule has 2 N–H and O–H groups in total. The number of nitrogens with zero attached hydrogens (tertiary/aromatic N) is 1. The number of benzene rings is 1. The van der Waals surface area contributed by atoms with Crippen LogP contribution in [-0.4, -0.2) is 23.1 Å². The van der Waals surface area contributed by atoms with Crippen LogP contribution in [-0.2, 0) is 9.53 Å². The number of carbonyl (C=O) groups excluding carboxylic acids is 2. The monoisotopic (exact) mass is 326 g/mol. The smallest absolute Gasteiger partial charge is 0.339 e. The molecule has 0 saturated heterocycles. The summed E-state index contributed by atoms with van der Waals surface area (Å²) in [5, 5.41) is 14.1. The number of rotatable bonds is 5. The van der Waals surface area contributed by atoms with Crippen LogP contribution in [0.1, 0.15) is 31.1 Å². The number of halogens is 1. The van der Waals surface area contributed by atoms with Crippen LogP contribution in [0.15, 0.2) is 34.8 Å². The van der Waals surface area contributed by atoms with Crippen LogP contribution in [0, 0.1) is 4.91 Å². The minimum Gasteiger partial charge on any atom is -0.510 e. The van der Waals surface area contributed by atoms with Gasteiger partial charge < -0.3 is 15.2 Å². The van der Waals surface area contributed by atoms with Crippen molar-refractivity contribution >= 4 is 29.2 Å². The normalized spacial score (nSPS) is 11.7. The van der Waals surface area contributed by atoms with Gasteiger partial charge in [0.25, 0.3) is 5.91 Å². The third-order valence-corrected chi connectivity index (χ3v) is 2.77. The number of aliphatic hydroxyl groups excluding tert-OH is 1. The third-order valence-electron chi connectivity index (χ3n) is 2.44. The van der Waals surface area contributed by atoms with Gasteiger partial charge >= 0.3 is 5.97 Å². The van der Waals surface area contributed by atoms with Crippen LogP contribution in [0.4, 0.5) is 5.69 Å². The molecule has 7 nitrogen and oxygen atoms in total. The quantitative estimate of drug-likeness (QED) is 0.373. The van der Waals surface area contributed by atoms with Gasteiger partial charge in [-0.2, -0.15) is 0 Å². The van der Waals surface area contributed by atoms with E-state index in [1.807, 2.05) is 0 Å². The second kappa shape index (κ2) is 7.56. The Kier molecular flexibility index (Phi) is 6.06. The van der Waals surface area contributed by atoms with Gasteiger partial charge in [-0.25, -0.2) is 4.79 Å². The molecule has 0 aromatic heterocycles. The van der Waals surface area contributed by atoms with Gasteiger partial charge in [0.2, 0.25) is 5.70 Å². The van der Waals surface area contributed by atoms with Crippen molar-refractivity contribution in [2.45, 2.75) is 26.9 Å². The minimum atomic E-state index is -0.902. The highest BCUT2D eigenvalue weighted by Crippen LogP contribution is 2.22. The number of allylic oxidation sites excluding steroid dienone is 1. The Morgan fingerprint density at radius 1 is 1.36 bits per heavy atom. The summed E-state index contributed by atoms with van der Waals surface area (Å²) in [5.41, 5.74) is -0.382. The van der Waals surface area contributed by atoms with Crippen molar-refractivity contribution in [2.75, 3.05) is 5.32 Å². The number of anilines is 1. The average molecular weight is 327 g/mol. The second-order valence-electron chi connectivity index (χ2n) is 4.63. The summed E-state index contributed by atoms with van der Waals surface area (Å²) in [6.07, 6.45) is -0.326. The van der Waals surface area contributed by atoms with Gasteiger partial charge in [0.15, 0.2) is 0 Å². The van der Waals surface area contributed by atoms with Gasteiger partial charge in [-0.1, -0.05) is 11.6 Å². The standard InChI is InChI=1S/C14H15ClN2O5/c1-7(2)22-14(20)10-6-9(4-5-11(10)15)16-13(19)12(17-21)8(3)18/h4-7,18H,1-3H3,(H,16,19)/b12-8+. The van der Waals surface area contributed by atoms with E-state index in [9.17, 15) is 19.6 Å². The predicted molar refractivity (Wildman–Crippen MR) is 81.8 cm³/mol. The molecule has 8 heteroatoms. The first kappa shape index (κ1) is 17.6. The van der Waals surface area contributed by atoms with Crippen molar-refractivity contribution < 1.29 is 19.4 Å². The molecule has 0 aliphatic carbocycles. The van der Waals surface area contributed by atoms with Crippen molar-refractivity contribution in [2.24, 2.45) is 5.18 Å². The summed E-state index contributed by atoms with van der Waals surface area (Å²) in [7, 11) is 0. The lowest BCUT2D eigenvalue weighted by Gasteiger charge is -2.11. The van der Waals surface area contributed by atoms with E-state index in [4.69, 9.17) is 16.3 Å². The molecule has 118 valence electrons. The topological polar surface area (TPSA) is 105 Å². The van der Waals surface area contributed by atoms with E-state index >= 15 is 0 Å². The number of esters is 1. The zero-order valence-corrected chi connectivity index (χ0v) is 13.0. The molecule has 0 atom stereocenters. The molecular weight excluding hydrogens is 312 g/mol. The summed E-state index contributed by atoms with van der Waals surface area (Å²) >= 11 is 5.92. The molecule has 0 aliphatic rings. The molecule has 1 amide bonds. The molecular formula is C14H15ClN2O5. The van der Waals surface area contributed by atoms with Crippen LogP contribution in [0.3, 0.4) is 0 Å². The highest BCUT2D eigenvalue weighted by molar-refractivity contribution is 6.33. The first-order valence-electron chi connectivity index (χ1n) is 6.31. The molecule has 0 bridgehead atoms. The average Bonchev–Trinajstić information content (AvgIpc) is 2.40. The molecule has 1 aromatic rings. The van der Waals surface area contributed by atoms with Crippen molar-refractivity contribution in [3.63, 3.8) is 0 Å². The highest BCUT2D eigenvalue weighted by Gasteiger charge is 2.17. The zero-order valence-electron chi connectivity index (χ0n) is 12.2. The summed E-state index contributed by atoms with van der Waals surface area (Å²) in [6, 6.07) is 4.14. The fraction of sp³-hybridized carbons (Fsp3) is 0.286. The van der Waals surface area contributed by atoms with Crippen LogP contribution in [0.25, 0.3) is 0 Å². The Morgan fingerprint density at radius 3 is 2.50 bits per heavy atom. The van der Waals surface area contributed by atoms with Crippen molar-refractivity contribution in [1.29, 1.82) is 0 Å². The zero-order chi connectivity index (χ0) is 16.9. The molecule has 0 heterocycles. The molecule has 1 rings (SSSR count). The van der Waals surface area contributed by atoms with Crippen molar-refractivity contribution in [3.8, 4) is 0 Å². The van der Waals surface area contributed by atoms with E-state index in [0.717, 1.165) is 6.92 Å². The number of hydrogen-bond acceptors (Lipinski definition) is 6. The van der Waals surface area contributed by atoms with Crippen LogP contribution >= 0.6 is 11.6 Å². The van der Waals surface area contributed by atoms with E-state index in [2.05, 4.69) is 10.5 Å². The number of amides is 1. The molecule has 0 aliphatic heterocycles. The first-order chi connectivity index (χ1) is 10.3. The van der Waals surface area contributed by atoms with Crippen LogP contribution < -0.4 is 5.32 Å². The maximum atomic E-state index is 11.9. The fourth-order valence-electron chi connectivity index (χ4n) is 1.50.